The van der Waals surface area contributed by atoms with Gasteiger partial charge in [0.25, 0.3) is 0 Å². The second-order valence-corrected chi connectivity index (χ2v) is 5.46. The van der Waals surface area contributed by atoms with Crippen LogP contribution >= 0.6 is 11.8 Å². The van der Waals surface area contributed by atoms with Crippen LogP contribution in [0.3, 0.4) is 0 Å². The predicted octanol–water partition coefficient (Wildman–Crippen LogP) is 5.67. The maximum Gasteiger partial charge on any atom is 0.127 e. The molecular formula is C19H15OS. The smallest absolute Gasteiger partial charge is 0.127 e. The Labute approximate surface area is 129 Å². The molecule has 0 atom stereocenters. The summed E-state index contributed by atoms with van der Waals surface area (Å²) >= 11 is 1.74. The summed E-state index contributed by atoms with van der Waals surface area (Å²) in [5.74, 6) is 1.69. The van der Waals surface area contributed by atoms with Crippen molar-refractivity contribution in [1.29, 1.82) is 0 Å². The zero-order chi connectivity index (χ0) is 14.5. The topological polar surface area (TPSA) is 9.23 Å². The molecule has 3 aromatic carbocycles. The number of hydrogen-bond acceptors (Lipinski definition) is 2. The van der Waals surface area contributed by atoms with E-state index in [1.807, 2.05) is 48.5 Å². The minimum atomic E-state index is 0.839. The van der Waals surface area contributed by atoms with Gasteiger partial charge in [0.1, 0.15) is 11.5 Å². The van der Waals surface area contributed by atoms with Crippen molar-refractivity contribution in [2.24, 2.45) is 0 Å². The van der Waals surface area contributed by atoms with Crippen LogP contribution in [0.15, 0.2) is 77.7 Å². The lowest BCUT2D eigenvalue weighted by Gasteiger charge is -2.07. The lowest BCUT2D eigenvalue weighted by molar-refractivity contribution is 0.483. The quantitative estimate of drug-likeness (QED) is 0.573. The number of rotatable bonds is 4. The van der Waals surface area contributed by atoms with Gasteiger partial charge >= 0.3 is 0 Å². The summed E-state index contributed by atoms with van der Waals surface area (Å²) in [4.78, 5) is 1.24. The molecule has 21 heavy (non-hydrogen) atoms. The standard InChI is InChI=1S/C19H15OS/c1-21-19-9-5-6-16(14-19)15-10-12-18(13-11-15)20-17-7-3-2-4-8-17/h2-5,7-14H,1H3. The third-order valence-corrected chi connectivity index (χ3v) is 3.88. The van der Waals surface area contributed by atoms with Gasteiger partial charge in [-0.2, -0.15) is 0 Å². The van der Waals surface area contributed by atoms with Gasteiger partial charge in [-0.05, 0) is 59.8 Å². The first kappa shape index (κ1) is 13.8. The molecule has 0 spiro atoms. The number of ether oxygens (including phenoxy) is 1. The van der Waals surface area contributed by atoms with Crippen LogP contribution in [0.5, 0.6) is 11.5 Å². The van der Waals surface area contributed by atoms with E-state index < -0.39 is 0 Å². The Kier molecular flexibility index (Phi) is 4.27. The Balaban J connectivity index is 1.80. The van der Waals surface area contributed by atoms with Crippen molar-refractivity contribution < 1.29 is 4.74 Å². The normalized spacial score (nSPS) is 10.3. The van der Waals surface area contributed by atoms with Crippen molar-refractivity contribution in [1.82, 2.24) is 0 Å². The maximum absolute atomic E-state index is 5.80. The molecule has 0 fully saturated rings. The summed E-state index contributed by atoms with van der Waals surface area (Å²) in [6.07, 6.45) is 2.08. The molecule has 0 unspecified atom stereocenters. The molecule has 3 rings (SSSR count). The fraction of sp³-hybridized carbons (Fsp3) is 0.0526. The summed E-state index contributed by atoms with van der Waals surface area (Å²) in [5, 5.41) is 0. The highest BCUT2D eigenvalue weighted by atomic mass is 32.2. The van der Waals surface area contributed by atoms with Crippen LogP contribution < -0.4 is 4.74 Å². The highest BCUT2D eigenvalue weighted by Gasteiger charge is 2.01. The molecule has 1 radical (unpaired) electrons. The van der Waals surface area contributed by atoms with Crippen LogP contribution in [-0.2, 0) is 0 Å². The van der Waals surface area contributed by atoms with E-state index in [0.717, 1.165) is 22.6 Å². The summed E-state index contributed by atoms with van der Waals surface area (Å²) < 4.78 is 5.80. The van der Waals surface area contributed by atoms with Crippen molar-refractivity contribution in [2.45, 2.75) is 4.90 Å². The van der Waals surface area contributed by atoms with Gasteiger partial charge in [0.05, 0.1) is 0 Å². The van der Waals surface area contributed by atoms with E-state index in [2.05, 4.69) is 36.6 Å². The second-order valence-electron chi connectivity index (χ2n) is 4.58. The van der Waals surface area contributed by atoms with Crippen molar-refractivity contribution in [3.05, 3.63) is 78.9 Å². The summed E-state index contributed by atoms with van der Waals surface area (Å²) in [5.41, 5.74) is 2.25. The van der Waals surface area contributed by atoms with Gasteiger partial charge in [-0.1, -0.05) is 36.4 Å². The van der Waals surface area contributed by atoms with Crippen LogP contribution in [0.2, 0.25) is 0 Å². The average molecular weight is 291 g/mol. The average Bonchev–Trinajstić information content (AvgIpc) is 2.56. The Morgan fingerprint density at radius 1 is 0.857 bits per heavy atom. The van der Waals surface area contributed by atoms with Gasteiger partial charge in [0.15, 0.2) is 0 Å². The molecule has 0 saturated carbocycles. The first-order valence-corrected chi connectivity index (χ1v) is 7.97. The maximum atomic E-state index is 5.80. The van der Waals surface area contributed by atoms with Crippen LogP contribution in [0.25, 0.3) is 11.1 Å². The number of hydrogen-bond donors (Lipinski definition) is 0. The Hall–Kier alpha value is -2.19. The van der Waals surface area contributed by atoms with Gasteiger partial charge in [-0.25, -0.2) is 0 Å². The molecule has 0 amide bonds. The zero-order valence-corrected chi connectivity index (χ0v) is 12.6. The van der Waals surface area contributed by atoms with E-state index in [9.17, 15) is 0 Å². The fourth-order valence-electron chi connectivity index (χ4n) is 2.07. The summed E-state index contributed by atoms with van der Waals surface area (Å²) in [6.45, 7) is 0. The minimum absolute atomic E-state index is 0.839. The number of benzene rings is 3. The molecule has 103 valence electrons. The van der Waals surface area contributed by atoms with Gasteiger partial charge < -0.3 is 4.74 Å². The van der Waals surface area contributed by atoms with Crippen molar-refractivity contribution >= 4 is 11.8 Å². The Morgan fingerprint density at radius 3 is 2.29 bits per heavy atom. The fourth-order valence-corrected chi connectivity index (χ4v) is 2.51. The van der Waals surface area contributed by atoms with Crippen LogP contribution in [0.4, 0.5) is 0 Å². The van der Waals surface area contributed by atoms with Crippen LogP contribution in [-0.4, -0.2) is 6.26 Å². The molecule has 0 bridgehead atoms. The molecule has 0 heterocycles. The number of thioether (sulfide) groups is 1. The summed E-state index contributed by atoms with van der Waals surface area (Å²) in [6, 6.07) is 27.4. The Bertz CT molecular complexity index is 705. The van der Waals surface area contributed by atoms with Gasteiger partial charge in [-0.3, -0.25) is 0 Å². The van der Waals surface area contributed by atoms with Crippen molar-refractivity contribution in [3.8, 4) is 22.6 Å². The van der Waals surface area contributed by atoms with E-state index >= 15 is 0 Å². The third kappa shape index (κ3) is 3.47. The zero-order valence-electron chi connectivity index (χ0n) is 11.7. The first-order valence-electron chi connectivity index (χ1n) is 6.74. The molecule has 1 nitrogen and oxygen atoms in total. The predicted molar refractivity (Wildman–Crippen MR) is 89.0 cm³/mol. The Morgan fingerprint density at radius 2 is 1.57 bits per heavy atom. The summed E-state index contributed by atoms with van der Waals surface area (Å²) in [7, 11) is 0. The third-order valence-electron chi connectivity index (χ3n) is 3.15. The van der Waals surface area contributed by atoms with E-state index in [4.69, 9.17) is 4.74 Å². The van der Waals surface area contributed by atoms with Gasteiger partial charge in [0.2, 0.25) is 0 Å². The van der Waals surface area contributed by atoms with E-state index in [1.54, 1.807) is 11.8 Å². The number of para-hydroxylation sites is 1. The monoisotopic (exact) mass is 291 g/mol. The highest BCUT2D eigenvalue weighted by molar-refractivity contribution is 7.98. The lowest BCUT2D eigenvalue weighted by Crippen LogP contribution is -1.84. The van der Waals surface area contributed by atoms with E-state index in [0.29, 0.717) is 0 Å². The molecule has 0 saturated heterocycles. The molecule has 0 aliphatic carbocycles. The van der Waals surface area contributed by atoms with Crippen LogP contribution in [0.1, 0.15) is 0 Å². The first-order chi connectivity index (χ1) is 10.3. The highest BCUT2D eigenvalue weighted by Crippen LogP contribution is 2.27. The molecule has 0 aliphatic rings. The molecule has 0 N–H and O–H groups in total. The SMILES string of the molecule is CSc1cc[c]c(-c2ccc(Oc3ccccc3)cc2)c1. The van der Waals surface area contributed by atoms with E-state index in [1.165, 1.54) is 4.90 Å². The second kappa shape index (κ2) is 6.51. The van der Waals surface area contributed by atoms with Crippen molar-refractivity contribution in [2.75, 3.05) is 6.26 Å². The van der Waals surface area contributed by atoms with Crippen LogP contribution in [0, 0.1) is 6.07 Å². The molecule has 2 heteroatoms. The largest absolute Gasteiger partial charge is 0.457 e. The van der Waals surface area contributed by atoms with E-state index in [-0.39, 0.29) is 0 Å². The van der Waals surface area contributed by atoms with Crippen molar-refractivity contribution in [3.63, 3.8) is 0 Å². The molecule has 0 aromatic heterocycles. The minimum Gasteiger partial charge on any atom is -0.457 e. The van der Waals surface area contributed by atoms with Gasteiger partial charge in [-0.15, -0.1) is 11.8 Å². The molecular weight excluding hydrogens is 276 g/mol. The van der Waals surface area contributed by atoms with Gasteiger partial charge in [0, 0.05) is 4.90 Å². The molecule has 0 aliphatic heterocycles. The molecule has 3 aromatic rings. The lowest BCUT2D eigenvalue weighted by atomic mass is 10.1.